The fourth-order valence-electron chi connectivity index (χ4n) is 4.48. The Morgan fingerprint density at radius 2 is 1.61 bits per heavy atom. The largest absolute Gasteiger partial charge is 0.460 e. The zero-order valence-electron chi connectivity index (χ0n) is 20.7. The van der Waals surface area contributed by atoms with Crippen molar-refractivity contribution < 1.29 is 9.21 Å². The normalized spacial score (nSPS) is 11.9. The molecule has 1 atom stereocenters. The third-order valence-corrected chi connectivity index (χ3v) is 6.31. The molecule has 0 bridgehead atoms. The lowest BCUT2D eigenvalue weighted by molar-refractivity contribution is 0.0928. The van der Waals surface area contributed by atoms with Crippen LogP contribution < -0.4 is 5.32 Å². The summed E-state index contributed by atoms with van der Waals surface area (Å²) in [5, 5.41) is 8.08. The molecule has 0 spiro atoms. The molecular weight excluding hydrogens is 446 g/mol. The molecule has 5 heteroatoms. The third kappa shape index (κ3) is 5.01. The fourth-order valence-corrected chi connectivity index (χ4v) is 4.48. The maximum Gasteiger partial charge on any atom is 0.270 e. The van der Waals surface area contributed by atoms with Crippen LogP contribution in [-0.2, 0) is 6.42 Å². The van der Waals surface area contributed by atoms with Crippen molar-refractivity contribution >= 4 is 5.91 Å². The Morgan fingerprint density at radius 1 is 0.889 bits per heavy atom. The number of hydrogen-bond donors (Lipinski definition) is 1. The maximum absolute atomic E-state index is 13.8. The van der Waals surface area contributed by atoms with Crippen molar-refractivity contribution in [3.05, 3.63) is 131 Å². The number of carbonyl (C=O) groups excluding carboxylic acids is 1. The van der Waals surface area contributed by atoms with E-state index < -0.39 is 0 Å². The summed E-state index contributed by atoms with van der Waals surface area (Å²) in [5.74, 6) is 1.24. The average Bonchev–Trinajstić information content (AvgIpc) is 3.51. The average molecular weight is 476 g/mol. The minimum atomic E-state index is -0.196. The van der Waals surface area contributed by atoms with Gasteiger partial charge in [-0.2, -0.15) is 5.10 Å². The number of benzene rings is 3. The van der Waals surface area contributed by atoms with Crippen molar-refractivity contribution in [1.82, 2.24) is 15.1 Å². The second-order valence-electron chi connectivity index (χ2n) is 9.15. The van der Waals surface area contributed by atoms with Crippen LogP contribution in [0.5, 0.6) is 0 Å². The number of carbonyl (C=O) groups is 1. The number of nitrogens with zero attached hydrogens (tertiary/aromatic N) is 2. The van der Waals surface area contributed by atoms with Gasteiger partial charge in [-0.3, -0.25) is 4.79 Å². The van der Waals surface area contributed by atoms with E-state index in [1.165, 1.54) is 0 Å². The van der Waals surface area contributed by atoms with Crippen LogP contribution in [-0.4, -0.2) is 15.7 Å². The van der Waals surface area contributed by atoms with Gasteiger partial charge in [-0.05, 0) is 62.1 Å². The highest BCUT2D eigenvalue weighted by atomic mass is 16.3. The molecule has 0 aliphatic rings. The van der Waals surface area contributed by atoms with Gasteiger partial charge in [0.05, 0.1) is 11.7 Å². The highest BCUT2D eigenvalue weighted by Crippen LogP contribution is 2.26. The van der Waals surface area contributed by atoms with Gasteiger partial charge in [0.1, 0.15) is 17.1 Å². The van der Waals surface area contributed by atoms with Gasteiger partial charge < -0.3 is 9.73 Å². The summed E-state index contributed by atoms with van der Waals surface area (Å²) >= 11 is 0. The molecule has 0 fully saturated rings. The van der Waals surface area contributed by atoms with Crippen LogP contribution in [0, 0.1) is 20.8 Å². The van der Waals surface area contributed by atoms with Crippen molar-refractivity contribution in [2.75, 3.05) is 0 Å². The van der Waals surface area contributed by atoms with Crippen LogP contribution in [0.25, 0.3) is 17.1 Å². The minimum absolute atomic E-state index is 0.193. The van der Waals surface area contributed by atoms with E-state index in [0.29, 0.717) is 23.6 Å². The monoisotopic (exact) mass is 475 g/mol. The molecule has 0 aliphatic carbocycles. The van der Waals surface area contributed by atoms with E-state index in [-0.39, 0.29) is 11.9 Å². The van der Waals surface area contributed by atoms with Crippen molar-refractivity contribution in [3.63, 3.8) is 0 Å². The number of nitrogens with one attached hydrogen (secondary N) is 1. The Balaban J connectivity index is 1.54. The van der Waals surface area contributed by atoms with Crippen molar-refractivity contribution in [2.45, 2.75) is 33.2 Å². The van der Waals surface area contributed by atoms with E-state index in [2.05, 4.69) is 30.4 Å². The minimum Gasteiger partial charge on any atom is -0.460 e. The molecule has 180 valence electrons. The van der Waals surface area contributed by atoms with E-state index in [1.54, 1.807) is 10.7 Å². The van der Waals surface area contributed by atoms with Crippen LogP contribution in [0.2, 0.25) is 0 Å². The van der Waals surface area contributed by atoms with Gasteiger partial charge in [-0.15, -0.1) is 0 Å². The summed E-state index contributed by atoms with van der Waals surface area (Å²) < 4.78 is 7.55. The summed E-state index contributed by atoms with van der Waals surface area (Å²) in [6.07, 6.45) is 0.679. The summed E-state index contributed by atoms with van der Waals surface area (Å²) in [7, 11) is 0. The lowest BCUT2D eigenvalue weighted by atomic mass is 9.98. The smallest absolute Gasteiger partial charge is 0.270 e. The van der Waals surface area contributed by atoms with Crippen LogP contribution in [0.3, 0.4) is 0 Å². The van der Waals surface area contributed by atoms with Gasteiger partial charge >= 0.3 is 0 Å². The van der Waals surface area contributed by atoms with E-state index in [4.69, 9.17) is 9.52 Å². The Bertz CT molecular complexity index is 1480. The Morgan fingerprint density at radius 3 is 2.28 bits per heavy atom. The first-order valence-corrected chi connectivity index (χ1v) is 12.1. The first-order chi connectivity index (χ1) is 17.5. The molecule has 0 aliphatic heterocycles. The number of amides is 1. The van der Waals surface area contributed by atoms with Gasteiger partial charge in [0.25, 0.3) is 5.91 Å². The van der Waals surface area contributed by atoms with Crippen molar-refractivity contribution in [1.29, 1.82) is 0 Å². The first-order valence-electron chi connectivity index (χ1n) is 12.1. The number of furan rings is 1. The van der Waals surface area contributed by atoms with Gasteiger partial charge in [0.2, 0.25) is 0 Å². The highest BCUT2D eigenvalue weighted by molar-refractivity contribution is 5.94. The summed E-state index contributed by atoms with van der Waals surface area (Å²) in [4.78, 5) is 13.8. The van der Waals surface area contributed by atoms with Crippen molar-refractivity contribution in [2.24, 2.45) is 0 Å². The molecule has 3 aromatic carbocycles. The van der Waals surface area contributed by atoms with E-state index in [9.17, 15) is 4.79 Å². The van der Waals surface area contributed by atoms with Gasteiger partial charge in [-0.25, -0.2) is 4.68 Å². The van der Waals surface area contributed by atoms with Gasteiger partial charge in [-0.1, -0.05) is 78.4 Å². The molecular formula is C31H29N3O2. The van der Waals surface area contributed by atoms with Crippen molar-refractivity contribution in [3.8, 4) is 17.1 Å². The van der Waals surface area contributed by atoms with Crippen LogP contribution >= 0.6 is 0 Å². The zero-order valence-corrected chi connectivity index (χ0v) is 20.7. The lowest BCUT2D eigenvalue weighted by Gasteiger charge is -2.20. The topological polar surface area (TPSA) is 60.1 Å². The summed E-state index contributed by atoms with van der Waals surface area (Å²) in [5.41, 5.74) is 6.34. The summed E-state index contributed by atoms with van der Waals surface area (Å²) in [6, 6.07) is 31.8. The second kappa shape index (κ2) is 10.1. The zero-order chi connectivity index (χ0) is 25.1. The van der Waals surface area contributed by atoms with Gasteiger partial charge in [0, 0.05) is 6.07 Å². The Labute approximate surface area is 211 Å². The molecule has 1 amide bonds. The number of aromatic nitrogens is 2. The predicted molar refractivity (Wildman–Crippen MR) is 142 cm³/mol. The molecule has 0 saturated carbocycles. The maximum atomic E-state index is 13.8. The predicted octanol–water partition coefficient (Wildman–Crippen LogP) is 6.77. The molecule has 1 N–H and O–H groups in total. The first kappa shape index (κ1) is 23.4. The third-order valence-electron chi connectivity index (χ3n) is 6.31. The molecule has 36 heavy (non-hydrogen) atoms. The highest BCUT2D eigenvalue weighted by Gasteiger charge is 2.23. The molecule has 2 aromatic heterocycles. The Kier molecular flexibility index (Phi) is 6.54. The van der Waals surface area contributed by atoms with Crippen LogP contribution in [0.4, 0.5) is 0 Å². The lowest BCUT2D eigenvalue weighted by Crippen LogP contribution is -2.31. The number of aryl methyl sites for hydroxylation is 3. The standard InChI is InChI=1S/C31H29N3O2/c1-21-14-16-28(22(2)18-21)34-29(20-27(33-34)30-17-15-23(3)36-30)31(35)32-26(25-12-8-5-9-13-25)19-24-10-6-4-7-11-24/h4-18,20,26H,19H2,1-3H3,(H,32,35). The molecule has 1 unspecified atom stereocenters. The molecule has 0 saturated heterocycles. The number of rotatable bonds is 7. The van der Waals surface area contributed by atoms with Crippen LogP contribution in [0.1, 0.15) is 44.5 Å². The molecule has 5 nitrogen and oxygen atoms in total. The molecule has 2 heterocycles. The Hall–Kier alpha value is -4.38. The van der Waals surface area contributed by atoms with E-state index in [0.717, 1.165) is 33.7 Å². The van der Waals surface area contributed by atoms with E-state index in [1.807, 2.05) is 86.6 Å². The fraction of sp³-hybridized carbons (Fsp3) is 0.161. The van der Waals surface area contributed by atoms with Crippen LogP contribution in [0.15, 0.2) is 101 Å². The quantitative estimate of drug-likeness (QED) is 0.282. The van der Waals surface area contributed by atoms with Gasteiger partial charge in [0.15, 0.2) is 5.76 Å². The summed E-state index contributed by atoms with van der Waals surface area (Å²) in [6.45, 7) is 5.98. The number of hydrogen-bond acceptors (Lipinski definition) is 3. The van der Waals surface area contributed by atoms with E-state index >= 15 is 0 Å². The second-order valence-corrected chi connectivity index (χ2v) is 9.15. The molecule has 0 radical (unpaired) electrons. The molecule has 5 rings (SSSR count). The SMILES string of the molecule is Cc1ccc(-n2nc(-c3ccc(C)o3)cc2C(=O)NC(Cc2ccccc2)c2ccccc2)c(C)c1. The molecule has 5 aromatic rings.